The maximum Gasteiger partial charge on any atom is 0.513 e. The molecule has 31 heavy (non-hydrogen) atoms. The minimum atomic E-state index is -0.708. The zero-order chi connectivity index (χ0) is 22.8. The molecular weight excluding hydrogens is 390 g/mol. The molecule has 6 nitrogen and oxygen atoms in total. The summed E-state index contributed by atoms with van der Waals surface area (Å²) in [6.07, 6.45) is 1.03. The predicted molar refractivity (Wildman–Crippen MR) is 123 cm³/mol. The van der Waals surface area contributed by atoms with Gasteiger partial charge < -0.3 is 9.47 Å². The fourth-order valence-corrected chi connectivity index (χ4v) is 3.24. The third-order valence-electron chi connectivity index (χ3n) is 5.15. The first kappa shape index (κ1) is 22.8. The highest BCUT2D eigenvalue weighted by Crippen LogP contribution is 2.40. The van der Waals surface area contributed by atoms with Gasteiger partial charge in [-0.1, -0.05) is 73.1 Å². The Morgan fingerprint density at radius 1 is 0.968 bits per heavy atom. The van der Waals surface area contributed by atoms with E-state index in [1.54, 1.807) is 4.80 Å². The van der Waals surface area contributed by atoms with Crippen molar-refractivity contribution in [1.29, 1.82) is 0 Å². The predicted octanol–water partition coefficient (Wildman–Crippen LogP) is 6.33. The summed E-state index contributed by atoms with van der Waals surface area (Å²) in [5, 5.41) is 9.29. The minimum Gasteiger partial charge on any atom is -0.434 e. The van der Waals surface area contributed by atoms with Crippen LogP contribution in [0, 0.1) is 0 Å². The van der Waals surface area contributed by atoms with Gasteiger partial charge in [0.05, 0.1) is 6.61 Å². The number of hydrogen-bond donors (Lipinski definition) is 0. The van der Waals surface area contributed by atoms with E-state index in [4.69, 9.17) is 9.47 Å². The number of carbonyl (C=O) groups is 1. The third-order valence-corrected chi connectivity index (χ3v) is 5.15. The van der Waals surface area contributed by atoms with Crippen LogP contribution in [0.1, 0.15) is 72.4 Å². The zero-order valence-corrected chi connectivity index (χ0v) is 19.7. The Morgan fingerprint density at radius 2 is 1.58 bits per heavy atom. The third kappa shape index (κ3) is 5.24. The minimum absolute atomic E-state index is 0.110. The topological polar surface area (TPSA) is 66.2 Å². The molecule has 1 heterocycles. The normalized spacial score (nSPS) is 12.2. The van der Waals surface area contributed by atoms with Crippen LogP contribution >= 0.6 is 0 Å². The molecule has 0 spiro atoms. The summed E-state index contributed by atoms with van der Waals surface area (Å²) in [5.74, 6) is 0.433. The fourth-order valence-electron chi connectivity index (χ4n) is 3.24. The lowest BCUT2D eigenvalue weighted by molar-refractivity contribution is 0.0970. The average molecular weight is 424 g/mol. The molecule has 6 heteroatoms. The van der Waals surface area contributed by atoms with Gasteiger partial charge in [-0.25, -0.2) is 4.79 Å². The van der Waals surface area contributed by atoms with E-state index in [1.165, 1.54) is 0 Å². The Hall–Kier alpha value is -2.89. The summed E-state index contributed by atoms with van der Waals surface area (Å²) in [6, 6.07) is 11.8. The van der Waals surface area contributed by atoms with E-state index in [9.17, 15) is 4.79 Å². The largest absolute Gasteiger partial charge is 0.513 e. The van der Waals surface area contributed by atoms with Crippen molar-refractivity contribution in [3.63, 3.8) is 0 Å². The number of hydrogen-bond acceptors (Lipinski definition) is 5. The number of rotatable bonds is 5. The Morgan fingerprint density at radius 3 is 2.10 bits per heavy atom. The molecule has 0 amide bonds. The summed E-state index contributed by atoms with van der Waals surface area (Å²) in [4.78, 5) is 14.1. The molecule has 0 radical (unpaired) electrons. The van der Waals surface area contributed by atoms with Crippen molar-refractivity contribution in [3.8, 4) is 11.4 Å². The second kappa shape index (κ2) is 8.69. The quantitative estimate of drug-likeness (QED) is 0.272. The molecule has 0 aliphatic rings. The summed E-state index contributed by atoms with van der Waals surface area (Å²) in [7, 11) is 0. The number of unbranched alkanes of at least 4 members (excludes halogenated alkanes) is 1. The van der Waals surface area contributed by atoms with Gasteiger partial charge in [0.2, 0.25) is 0 Å². The highest BCUT2D eigenvalue weighted by Gasteiger charge is 2.29. The summed E-state index contributed by atoms with van der Waals surface area (Å²) in [6.45, 7) is 15.1. The Balaban J connectivity index is 2.20. The van der Waals surface area contributed by atoms with Crippen LogP contribution < -0.4 is 4.74 Å². The van der Waals surface area contributed by atoms with E-state index in [1.807, 2.05) is 37.3 Å². The van der Waals surface area contributed by atoms with Crippen LogP contribution in [0.5, 0.6) is 5.75 Å². The first-order valence-corrected chi connectivity index (χ1v) is 10.9. The van der Waals surface area contributed by atoms with Crippen LogP contribution in [0.25, 0.3) is 16.7 Å². The molecule has 0 aliphatic carbocycles. The van der Waals surface area contributed by atoms with Crippen molar-refractivity contribution in [2.24, 2.45) is 0 Å². The van der Waals surface area contributed by atoms with Crippen LogP contribution in [-0.2, 0) is 15.6 Å². The molecule has 166 valence electrons. The summed E-state index contributed by atoms with van der Waals surface area (Å²) in [5.41, 5.74) is 3.81. The molecule has 3 rings (SSSR count). The average Bonchev–Trinajstić information content (AvgIpc) is 3.10. The van der Waals surface area contributed by atoms with Crippen molar-refractivity contribution in [2.75, 3.05) is 6.61 Å². The van der Waals surface area contributed by atoms with Gasteiger partial charge in [0, 0.05) is 5.56 Å². The van der Waals surface area contributed by atoms with Gasteiger partial charge in [0.15, 0.2) is 5.75 Å². The van der Waals surface area contributed by atoms with Crippen LogP contribution in [0.2, 0.25) is 0 Å². The van der Waals surface area contributed by atoms with Gasteiger partial charge in [0.1, 0.15) is 16.7 Å². The van der Waals surface area contributed by atoms with Crippen LogP contribution in [0.4, 0.5) is 4.79 Å². The molecule has 0 unspecified atom stereocenters. The number of fused-ring (bicyclic) bond motifs is 1. The first-order valence-electron chi connectivity index (χ1n) is 10.9. The second-order valence-corrected chi connectivity index (χ2v) is 9.90. The lowest BCUT2D eigenvalue weighted by atomic mass is 9.79. The van der Waals surface area contributed by atoms with E-state index < -0.39 is 6.16 Å². The smallest absolute Gasteiger partial charge is 0.434 e. The standard InChI is InChI=1S/C25H33N3O3/c1-8-9-14-30-23(29)31-22-18(25(5,6)7)15-17(24(2,3)4)16-21(22)28-26-19-12-10-11-13-20(19)27-28/h10-13,15-16H,8-9,14H2,1-7H3. The van der Waals surface area contributed by atoms with E-state index in [-0.39, 0.29) is 10.8 Å². The molecule has 0 aliphatic heterocycles. The van der Waals surface area contributed by atoms with Crippen molar-refractivity contribution in [1.82, 2.24) is 15.0 Å². The van der Waals surface area contributed by atoms with E-state index in [2.05, 4.69) is 57.8 Å². The van der Waals surface area contributed by atoms with Crippen LogP contribution in [-0.4, -0.2) is 27.8 Å². The van der Waals surface area contributed by atoms with Crippen molar-refractivity contribution in [2.45, 2.75) is 72.1 Å². The summed E-state index contributed by atoms with van der Waals surface area (Å²) < 4.78 is 11.1. The van der Waals surface area contributed by atoms with Crippen molar-refractivity contribution < 1.29 is 14.3 Å². The van der Waals surface area contributed by atoms with Crippen molar-refractivity contribution in [3.05, 3.63) is 47.5 Å². The SMILES string of the molecule is CCCCOC(=O)Oc1c(-n2nc3ccccc3n2)cc(C(C)(C)C)cc1C(C)(C)C. The fraction of sp³-hybridized carbons (Fsp3) is 0.480. The van der Waals surface area contributed by atoms with E-state index in [0.29, 0.717) is 18.0 Å². The van der Waals surface area contributed by atoms with Gasteiger partial charge in [0.25, 0.3) is 0 Å². The van der Waals surface area contributed by atoms with E-state index in [0.717, 1.165) is 35.0 Å². The van der Waals surface area contributed by atoms with Crippen LogP contribution in [0.3, 0.4) is 0 Å². The van der Waals surface area contributed by atoms with Crippen LogP contribution in [0.15, 0.2) is 36.4 Å². The Kier molecular flexibility index (Phi) is 6.39. The van der Waals surface area contributed by atoms with Gasteiger partial charge in [-0.15, -0.1) is 15.0 Å². The molecule has 0 N–H and O–H groups in total. The maximum absolute atomic E-state index is 12.5. The van der Waals surface area contributed by atoms with E-state index >= 15 is 0 Å². The van der Waals surface area contributed by atoms with Crippen molar-refractivity contribution >= 4 is 17.2 Å². The molecule has 2 aromatic carbocycles. The number of benzene rings is 2. The molecule has 0 fully saturated rings. The van der Waals surface area contributed by atoms with Gasteiger partial charge >= 0.3 is 6.16 Å². The lowest BCUT2D eigenvalue weighted by Crippen LogP contribution is -2.22. The number of ether oxygens (including phenoxy) is 2. The molecule has 1 aromatic heterocycles. The molecular formula is C25H33N3O3. The summed E-state index contributed by atoms with van der Waals surface area (Å²) >= 11 is 0. The Labute approximate surface area is 184 Å². The number of aromatic nitrogens is 3. The molecule has 0 saturated carbocycles. The number of nitrogens with zero attached hydrogens (tertiary/aromatic N) is 3. The van der Waals surface area contributed by atoms with Gasteiger partial charge in [-0.2, -0.15) is 0 Å². The zero-order valence-electron chi connectivity index (χ0n) is 19.7. The highest BCUT2D eigenvalue weighted by molar-refractivity contribution is 5.74. The number of carbonyl (C=O) groups excluding carboxylic acids is 1. The molecule has 0 bridgehead atoms. The van der Waals surface area contributed by atoms with Gasteiger partial charge in [-0.05, 0) is 41.0 Å². The monoisotopic (exact) mass is 423 g/mol. The highest BCUT2D eigenvalue weighted by atomic mass is 16.7. The lowest BCUT2D eigenvalue weighted by Gasteiger charge is -2.28. The molecule has 0 saturated heterocycles. The first-order chi connectivity index (χ1) is 14.5. The van der Waals surface area contributed by atoms with Gasteiger partial charge in [-0.3, -0.25) is 0 Å². The maximum atomic E-state index is 12.5. The second-order valence-electron chi connectivity index (χ2n) is 9.90. The molecule has 3 aromatic rings. The molecule has 0 atom stereocenters. The Bertz CT molecular complexity index is 1040.